The van der Waals surface area contributed by atoms with Crippen LogP contribution in [0.1, 0.15) is 28.1 Å². The lowest BCUT2D eigenvalue weighted by molar-refractivity contribution is 0.0712. The predicted octanol–water partition coefficient (Wildman–Crippen LogP) is 3.46. The van der Waals surface area contributed by atoms with E-state index in [0.717, 1.165) is 28.8 Å². The number of carbonyl (C=O) groups excluding carboxylic acids is 1. The fourth-order valence-corrected chi connectivity index (χ4v) is 3.69. The third kappa shape index (κ3) is 3.05. The maximum atomic E-state index is 13.0. The standard InChI is InChI=1S/C17H18FNO2S/c1-11-10-15(17(21)19(8-9-20)14-6-7-14)22-16(11)12-2-4-13(18)5-3-12/h2-5,10,14,20H,6-9H2,1H3. The molecule has 0 bridgehead atoms. The van der Waals surface area contributed by atoms with Gasteiger partial charge in [-0.25, -0.2) is 4.39 Å². The Morgan fingerprint density at radius 2 is 2.05 bits per heavy atom. The van der Waals surface area contributed by atoms with E-state index in [1.165, 1.54) is 23.5 Å². The highest BCUT2D eigenvalue weighted by atomic mass is 32.1. The number of hydrogen-bond donors (Lipinski definition) is 1. The molecule has 0 radical (unpaired) electrons. The van der Waals surface area contributed by atoms with Gasteiger partial charge in [-0.15, -0.1) is 11.3 Å². The molecule has 1 fully saturated rings. The maximum Gasteiger partial charge on any atom is 0.264 e. The van der Waals surface area contributed by atoms with Crippen LogP contribution in [0.2, 0.25) is 0 Å². The first-order chi connectivity index (χ1) is 10.6. The van der Waals surface area contributed by atoms with Crippen molar-refractivity contribution >= 4 is 17.2 Å². The van der Waals surface area contributed by atoms with Gasteiger partial charge >= 0.3 is 0 Å². The Hall–Kier alpha value is -1.72. The molecule has 3 nitrogen and oxygen atoms in total. The molecule has 3 rings (SSSR count). The molecule has 2 aromatic rings. The van der Waals surface area contributed by atoms with E-state index in [1.54, 1.807) is 17.0 Å². The number of carbonyl (C=O) groups is 1. The van der Waals surface area contributed by atoms with E-state index in [4.69, 9.17) is 5.11 Å². The molecule has 1 aliphatic carbocycles. The van der Waals surface area contributed by atoms with Crippen molar-refractivity contribution in [3.63, 3.8) is 0 Å². The molecule has 1 N–H and O–H groups in total. The molecular formula is C17H18FNO2S. The lowest BCUT2D eigenvalue weighted by Gasteiger charge is -2.20. The molecule has 22 heavy (non-hydrogen) atoms. The molecule has 0 aliphatic heterocycles. The van der Waals surface area contributed by atoms with E-state index in [1.807, 2.05) is 13.0 Å². The average Bonchev–Trinajstić information content (AvgIpc) is 3.27. The summed E-state index contributed by atoms with van der Waals surface area (Å²) in [6, 6.07) is 8.48. The number of aliphatic hydroxyl groups is 1. The van der Waals surface area contributed by atoms with Gasteiger partial charge in [-0.05, 0) is 49.1 Å². The highest BCUT2D eigenvalue weighted by molar-refractivity contribution is 7.17. The molecule has 0 unspecified atom stereocenters. The van der Waals surface area contributed by atoms with Crippen LogP contribution in [-0.2, 0) is 0 Å². The van der Waals surface area contributed by atoms with Gasteiger partial charge in [0, 0.05) is 17.5 Å². The van der Waals surface area contributed by atoms with Crippen LogP contribution >= 0.6 is 11.3 Å². The van der Waals surface area contributed by atoms with E-state index < -0.39 is 0 Å². The minimum absolute atomic E-state index is 0.0157. The van der Waals surface area contributed by atoms with Gasteiger partial charge < -0.3 is 10.0 Å². The molecule has 1 amide bonds. The van der Waals surface area contributed by atoms with Gasteiger partial charge in [0.2, 0.25) is 0 Å². The second kappa shape index (κ2) is 6.18. The normalized spacial score (nSPS) is 14.1. The Labute approximate surface area is 133 Å². The number of hydrogen-bond acceptors (Lipinski definition) is 3. The summed E-state index contributed by atoms with van der Waals surface area (Å²) < 4.78 is 13.0. The second-order valence-corrected chi connectivity index (χ2v) is 6.64. The summed E-state index contributed by atoms with van der Waals surface area (Å²) in [5, 5.41) is 9.15. The highest BCUT2D eigenvalue weighted by Gasteiger charge is 2.33. The van der Waals surface area contributed by atoms with Crippen molar-refractivity contribution in [1.82, 2.24) is 4.90 Å². The quantitative estimate of drug-likeness (QED) is 0.917. The van der Waals surface area contributed by atoms with Gasteiger partial charge in [0.15, 0.2) is 0 Å². The summed E-state index contributed by atoms with van der Waals surface area (Å²) in [6.07, 6.45) is 2.03. The Balaban J connectivity index is 1.87. The SMILES string of the molecule is Cc1cc(C(=O)N(CCO)C2CC2)sc1-c1ccc(F)cc1. The third-order valence-corrected chi connectivity index (χ3v) is 5.10. The van der Waals surface area contributed by atoms with Crippen LogP contribution in [0.5, 0.6) is 0 Å². The van der Waals surface area contributed by atoms with Crippen LogP contribution in [0.3, 0.4) is 0 Å². The number of aryl methyl sites for hydroxylation is 1. The van der Waals surface area contributed by atoms with Crippen molar-refractivity contribution in [3.8, 4) is 10.4 Å². The predicted molar refractivity (Wildman–Crippen MR) is 85.6 cm³/mol. The van der Waals surface area contributed by atoms with Gasteiger partial charge in [-0.1, -0.05) is 12.1 Å². The van der Waals surface area contributed by atoms with Gasteiger partial charge in [0.05, 0.1) is 11.5 Å². The van der Waals surface area contributed by atoms with E-state index in [0.29, 0.717) is 11.4 Å². The number of rotatable bonds is 5. The van der Waals surface area contributed by atoms with Crippen molar-refractivity contribution < 1.29 is 14.3 Å². The zero-order valence-electron chi connectivity index (χ0n) is 12.4. The molecule has 1 aliphatic rings. The number of thiophene rings is 1. The molecule has 0 saturated heterocycles. The van der Waals surface area contributed by atoms with Crippen LogP contribution in [0.15, 0.2) is 30.3 Å². The molecule has 116 valence electrons. The molecule has 1 aromatic carbocycles. The minimum Gasteiger partial charge on any atom is -0.395 e. The molecule has 5 heteroatoms. The van der Waals surface area contributed by atoms with E-state index >= 15 is 0 Å². The van der Waals surface area contributed by atoms with Gasteiger partial charge in [0.1, 0.15) is 5.82 Å². The van der Waals surface area contributed by atoms with Gasteiger partial charge in [-0.3, -0.25) is 4.79 Å². The maximum absolute atomic E-state index is 13.0. The fourth-order valence-electron chi connectivity index (χ4n) is 2.56. The number of nitrogens with zero attached hydrogens (tertiary/aromatic N) is 1. The third-order valence-electron chi connectivity index (χ3n) is 3.82. The number of halogens is 1. The zero-order chi connectivity index (χ0) is 15.7. The Morgan fingerprint density at radius 1 is 1.36 bits per heavy atom. The number of amides is 1. The fraction of sp³-hybridized carbons (Fsp3) is 0.353. The first-order valence-corrected chi connectivity index (χ1v) is 8.20. The Kier molecular flexibility index (Phi) is 4.27. The summed E-state index contributed by atoms with van der Waals surface area (Å²) in [6.45, 7) is 2.32. The minimum atomic E-state index is -0.267. The molecular weight excluding hydrogens is 301 g/mol. The molecule has 1 saturated carbocycles. The van der Waals surface area contributed by atoms with Crippen molar-refractivity contribution in [3.05, 3.63) is 46.6 Å². The monoisotopic (exact) mass is 319 g/mol. The Morgan fingerprint density at radius 3 is 2.64 bits per heavy atom. The van der Waals surface area contributed by atoms with Crippen molar-refractivity contribution in [2.24, 2.45) is 0 Å². The summed E-state index contributed by atoms with van der Waals surface area (Å²) in [5.74, 6) is -0.282. The lowest BCUT2D eigenvalue weighted by atomic mass is 10.1. The summed E-state index contributed by atoms with van der Waals surface area (Å²) >= 11 is 1.43. The second-order valence-electron chi connectivity index (χ2n) is 5.58. The molecule has 1 heterocycles. The van der Waals surface area contributed by atoms with Crippen molar-refractivity contribution in [2.45, 2.75) is 25.8 Å². The van der Waals surface area contributed by atoms with E-state index in [-0.39, 0.29) is 24.4 Å². The average molecular weight is 319 g/mol. The van der Waals surface area contributed by atoms with Gasteiger partial charge in [0.25, 0.3) is 5.91 Å². The largest absolute Gasteiger partial charge is 0.395 e. The summed E-state index contributed by atoms with van der Waals surface area (Å²) in [4.78, 5) is 16.1. The van der Waals surface area contributed by atoms with Crippen LogP contribution in [0.4, 0.5) is 4.39 Å². The van der Waals surface area contributed by atoms with E-state index in [9.17, 15) is 9.18 Å². The first-order valence-electron chi connectivity index (χ1n) is 7.38. The first kappa shape index (κ1) is 15.2. The number of benzene rings is 1. The van der Waals surface area contributed by atoms with Gasteiger partial charge in [-0.2, -0.15) is 0 Å². The zero-order valence-corrected chi connectivity index (χ0v) is 13.2. The van der Waals surface area contributed by atoms with Crippen LogP contribution in [0, 0.1) is 12.7 Å². The molecule has 0 spiro atoms. The highest BCUT2D eigenvalue weighted by Crippen LogP contribution is 2.35. The van der Waals surface area contributed by atoms with E-state index in [2.05, 4.69) is 0 Å². The van der Waals surface area contributed by atoms with Crippen molar-refractivity contribution in [1.29, 1.82) is 0 Å². The summed E-state index contributed by atoms with van der Waals surface area (Å²) in [5.41, 5.74) is 1.93. The van der Waals surface area contributed by atoms with Crippen molar-refractivity contribution in [2.75, 3.05) is 13.2 Å². The van der Waals surface area contributed by atoms with Crippen LogP contribution in [0.25, 0.3) is 10.4 Å². The van der Waals surface area contributed by atoms with Crippen LogP contribution in [-0.4, -0.2) is 35.1 Å². The number of aliphatic hydroxyl groups excluding tert-OH is 1. The van der Waals surface area contributed by atoms with Crippen LogP contribution < -0.4 is 0 Å². The Bertz CT molecular complexity index is 676. The topological polar surface area (TPSA) is 40.5 Å². The lowest BCUT2D eigenvalue weighted by Crippen LogP contribution is -2.35. The molecule has 0 atom stereocenters. The summed E-state index contributed by atoms with van der Waals surface area (Å²) in [7, 11) is 0. The smallest absolute Gasteiger partial charge is 0.264 e. The molecule has 1 aromatic heterocycles.